The minimum absolute atomic E-state index is 0.224. The molecule has 1 amide bonds. The predicted molar refractivity (Wildman–Crippen MR) is 114 cm³/mol. The van der Waals surface area contributed by atoms with Gasteiger partial charge in [0.05, 0.1) is 5.69 Å². The highest BCUT2D eigenvalue weighted by Gasteiger charge is 2.57. The number of rotatable bonds is 6. The van der Waals surface area contributed by atoms with Crippen LogP contribution in [0.15, 0.2) is 42.5 Å². The molecule has 2 aliphatic rings. The Morgan fingerprint density at radius 3 is 2.48 bits per heavy atom. The number of carboxylic acids is 1. The first-order valence-electron chi connectivity index (χ1n) is 10.5. The Balaban J connectivity index is 1.84. The Morgan fingerprint density at radius 2 is 1.94 bits per heavy atom. The van der Waals surface area contributed by atoms with Crippen molar-refractivity contribution in [1.82, 2.24) is 0 Å². The van der Waals surface area contributed by atoms with Crippen LogP contribution >= 0.6 is 0 Å². The lowest BCUT2D eigenvalue weighted by atomic mass is 9.58. The summed E-state index contributed by atoms with van der Waals surface area (Å²) in [4.78, 5) is 38.5. The third-order valence-electron chi connectivity index (χ3n) is 6.84. The molecule has 31 heavy (non-hydrogen) atoms. The minimum atomic E-state index is -1.82. The molecule has 0 radical (unpaired) electrons. The monoisotopic (exact) mass is 424 g/mol. The number of carbonyl (C=O) groups is 3. The van der Waals surface area contributed by atoms with Crippen molar-refractivity contribution in [3.8, 4) is 0 Å². The van der Waals surface area contributed by atoms with Crippen molar-refractivity contribution >= 4 is 23.9 Å². The number of fused-ring (bicyclic) bond motifs is 2. The number of anilines is 1. The molecule has 0 aromatic heterocycles. The number of aliphatic carboxylic acids is 1. The summed E-state index contributed by atoms with van der Waals surface area (Å²) in [6.07, 6.45) is 2.34. The number of carboxylic acid groups (broad SMARTS) is 1. The third kappa shape index (κ3) is 3.33. The van der Waals surface area contributed by atoms with E-state index in [2.05, 4.69) is 0 Å². The van der Waals surface area contributed by atoms with Crippen LogP contribution in [0.5, 0.6) is 0 Å². The molecule has 0 spiro atoms. The first-order chi connectivity index (χ1) is 14.8. The van der Waals surface area contributed by atoms with E-state index in [1.807, 2.05) is 19.1 Å². The standard InChI is InChI=1S/C24H25FN2O4/c1-2-14-3-5-15(6-4-14)22(29)27-19-10-9-17(19)21(24(26,11-12-28)23(30)31)18-8-7-16(25)13-20(18)27/h3-8,12-13,17,19,21H,2,9-11,26H2,1H3,(H,30,31). The summed E-state index contributed by atoms with van der Waals surface area (Å²) in [7, 11) is 0. The Bertz CT molecular complexity index is 1040. The largest absolute Gasteiger partial charge is 0.480 e. The number of halogens is 1. The second-order valence-electron chi connectivity index (χ2n) is 8.43. The van der Waals surface area contributed by atoms with Crippen LogP contribution in [0.25, 0.3) is 0 Å². The van der Waals surface area contributed by atoms with Gasteiger partial charge in [-0.2, -0.15) is 0 Å². The summed E-state index contributed by atoms with van der Waals surface area (Å²) >= 11 is 0. The van der Waals surface area contributed by atoms with E-state index in [1.54, 1.807) is 17.0 Å². The number of hydrogen-bond acceptors (Lipinski definition) is 4. The van der Waals surface area contributed by atoms with Gasteiger partial charge in [-0.05, 0) is 60.6 Å². The zero-order valence-electron chi connectivity index (χ0n) is 17.3. The summed E-state index contributed by atoms with van der Waals surface area (Å²) in [5.41, 5.74) is 6.89. The van der Waals surface area contributed by atoms with Crippen molar-refractivity contribution in [2.45, 2.75) is 50.1 Å². The van der Waals surface area contributed by atoms with Crippen molar-refractivity contribution in [2.75, 3.05) is 4.90 Å². The normalized spacial score (nSPS) is 23.7. The van der Waals surface area contributed by atoms with Crippen molar-refractivity contribution in [3.63, 3.8) is 0 Å². The zero-order chi connectivity index (χ0) is 22.3. The van der Waals surface area contributed by atoms with Crippen molar-refractivity contribution in [3.05, 3.63) is 65.0 Å². The van der Waals surface area contributed by atoms with E-state index in [1.165, 1.54) is 18.2 Å². The molecule has 1 heterocycles. The van der Waals surface area contributed by atoms with Gasteiger partial charge in [0.25, 0.3) is 5.91 Å². The fraction of sp³-hybridized carbons (Fsp3) is 0.375. The molecule has 3 N–H and O–H groups in total. The van der Waals surface area contributed by atoms with Gasteiger partial charge in [-0.3, -0.25) is 9.59 Å². The Kier molecular flexibility index (Phi) is 5.39. The summed E-state index contributed by atoms with van der Waals surface area (Å²) in [5.74, 6) is -2.98. The molecule has 2 aromatic carbocycles. The molecule has 1 fully saturated rings. The lowest BCUT2D eigenvalue weighted by Crippen LogP contribution is -2.64. The number of amides is 1. The molecule has 4 rings (SSSR count). The quantitative estimate of drug-likeness (QED) is 0.693. The SMILES string of the molecule is CCc1ccc(C(=O)N2c3cc(F)ccc3C(C(N)(CC=O)C(=O)O)C3CCC32)cc1. The van der Waals surface area contributed by atoms with Crippen LogP contribution in [0.1, 0.15) is 53.6 Å². The number of hydrogen-bond donors (Lipinski definition) is 2. The molecule has 1 saturated carbocycles. The fourth-order valence-corrected chi connectivity index (χ4v) is 5.04. The van der Waals surface area contributed by atoms with E-state index in [9.17, 15) is 23.9 Å². The van der Waals surface area contributed by atoms with Gasteiger partial charge in [0.2, 0.25) is 0 Å². The molecule has 0 saturated heterocycles. The van der Waals surface area contributed by atoms with Crippen LogP contribution in [-0.4, -0.2) is 34.8 Å². The molecule has 1 aliphatic heterocycles. The Morgan fingerprint density at radius 1 is 1.23 bits per heavy atom. The molecule has 2 aromatic rings. The molecule has 6 nitrogen and oxygen atoms in total. The number of benzene rings is 2. The molecular formula is C24H25FN2O4. The van der Waals surface area contributed by atoms with E-state index in [0.29, 0.717) is 35.9 Å². The molecule has 7 heteroatoms. The van der Waals surface area contributed by atoms with Gasteiger partial charge >= 0.3 is 5.97 Å². The Labute approximate surface area is 179 Å². The fourth-order valence-electron chi connectivity index (χ4n) is 5.04. The lowest BCUT2D eigenvalue weighted by molar-refractivity contribution is -0.147. The Hall–Kier alpha value is -3.06. The van der Waals surface area contributed by atoms with Crippen molar-refractivity contribution in [2.24, 2.45) is 11.7 Å². The van der Waals surface area contributed by atoms with E-state index in [-0.39, 0.29) is 24.3 Å². The number of carbonyl (C=O) groups excluding carboxylic acids is 2. The van der Waals surface area contributed by atoms with E-state index >= 15 is 0 Å². The molecular weight excluding hydrogens is 399 g/mol. The average Bonchev–Trinajstić information content (AvgIpc) is 2.74. The second-order valence-corrected chi connectivity index (χ2v) is 8.43. The predicted octanol–water partition coefficient (Wildman–Crippen LogP) is 3.28. The topological polar surface area (TPSA) is 101 Å². The summed E-state index contributed by atoms with van der Waals surface area (Å²) in [5, 5.41) is 9.89. The molecule has 4 atom stereocenters. The molecule has 1 aliphatic carbocycles. The van der Waals surface area contributed by atoms with E-state index < -0.39 is 23.2 Å². The van der Waals surface area contributed by atoms with Gasteiger partial charge in [0.15, 0.2) is 0 Å². The van der Waals surface area contributed by atoms with Gasteiger partial charge in [0, 0.05) is 23.9 Å². The van der Waals surface area contributed by atoms with Gasteiger partial charge in [-0.25, -0.2) is 4.39 Å². The number of aldehydes is 1. The van der Waals surface area contributed by atoms with E-state index in [4.69, 9.17) is 5.73 Å². The lowest BCUT2D eigenvalue weighted by Gasteiger charge is -2.55. The van der Waals surface area contributed by atoms with Crippen molar-refractivity contribution in [1.29, 1.82) is 0 Å². The minimum Gasteiger partial charge on any atom is -0.480 e. The van der Waals surface area contributed by atoms with Crippen LogP contribution in [0, 0.1) is 11.7 Å². The second kappa shape index (κ2) is 7.89. The van der Waals surface area contributed by atoms with Crippen LogP contribution in [0.3, 0.4) is 0 Å². The maximum Gasteiger partial charge on any atom is 0.324 e. The summed E-state index contributed by atoms with van der Waals surface area (Å²) in [6, 6.07) is 11.0. The van der Waals surface area contributed by atoms with Gasteiger partial charge in [-0.15, -0.1) is 0 Å². The highest BCUT2D eigenvalue weighted by Crippen LogP contribution is 2.55. The van der Waals surface area contributed by atoms with E-state index in [0.717, 1.165) is 12.0 Å². The molecule has 4 unspecified atom stereocenters. The average molecular weight is 424 g/mol. The third-order valence-corrected chi connectivity index (χ3v) is 6.84. The van der Waals surface area contributed by atoms with Gasteiger partial charge in [0.1, 0.15) is 17.6 Å². The highest BCUT2D eigenvalue weighted by molar-refractivity contribution is 6.07. The van der Waals surface area contributed by atoms with Gasteiger partial charge < -0.3 is 20.5 Å². The van der Waals surface area contributed by atoms with Crippen molar-refractivity contribution < 1.29 is 23.9 Å². The molecule has 162 valence electrons. The zero-order valence-corrected chi connectivity index (χ0v) is 17.3. The van der Waals surface area contributed by atoms with Crippen LogP contribution in [-0.2, 0) is 16.0 Å². The first kappa shape index (κ1) is 21.2. The summed E-state index contributed by atoms with van der Waals surface area (Å²) in [6.45, 7) is 2.03. The van der Waals surface area contributed by atoms with Crippen LogP contribution in [0.4, 0.5) is 10.1 Å². The maximum absolute atomic E-state index is 14.3. The maximum atomic E-state index is 14.3. The molecule has 0 bridgehead atoms. The number of nitrogens with zero attached hydrogens (tertiary/aromatic N) is 1. The van der Waals surface area contributed by atoms with Gasteiger partial charge in [-0.1, -0.05) is 25.1 Å². The number of aryl methyl sites for hydroxylation is 1. The summed E-state index contributed by atoms with van der Waals surface area (Å²) < 4.78 is 14.3. The van der Waals surface area contributed by atoms with Crippen LogP contribution < -0.4 is 10.6 Å². The first-order valence-corrected chi connectivity index (χ1v) is 10.5. The smallest absolute Gasteiger partial charge is 0.324 e. The number of nitrogens with two attached hydrogens (primary N) is 1. The highest BCUT2D eigenvalue weighted by atomic mass is 19.1. The van der Waals surface area contributed by atoms with Crippen LogP contribution in [0.2, 0.25) is 0 Å².